The van der Waals surface area contributed by atoms with E-state index in [1.807, 2.05) is 0 Å². The Morgan fingerprint density at radius 3 is 2.26 bits per heavy atom. The molecule has 5 nitrogen and oxygen atoms in total. The zero-order valence-corrected chi connectivity index (χ0v) is 25.5. The van der Waals surface area contributed by atoms with E-state index < -0.39 is 8.32 Å². The van der Waals surface area contributed by atoms with Crippen molar-refractivity contribution < 1.29 is 18.7 Å². The van der Waals surface area contributed by atoms with Crippen LogP contribution in [-0.4, -0.2) is 32.3 Å². The van der Waals surface area contributed by atoms with E-state index in [1.165, 1.54) is 34.0 Å². The number of aldehydes is 1. The Morgan fingerprint density at radius 1 is 1.00 bits per heavy atom. The van der Waals surface area contributed by atoms with Crippen LogP contribution in [0.5, 0.6) is 11.6 Å². The molecule has 0 amide bonds. The highest BCUT2D eigenvalue weighted by Crippen LogP contribution is 2.38. The number of hydrogen-bond donors (Lipinski definition) is 0. The molecular weight excluding hydrogens is 490 g/mol. The number of rotatable bonds is 11. The van der Waals surface area contributed by atoms with Gasteiger partial charge in [0.25, 0.3) is 0 Å². The van der Waals surface area contributed by atoms with E-state index in [-0.39, 0.29) is 11.1 Å². The van der Waals surface area contributed by atoms with Crippen molar-refractivity contribution in [2.75, 3.05) is 6.61 Å². The third-order valence-corrected chi connectivity index (χ3v) is 12.2. The molecule has 0 unspecified atom stereocenters. The highest BCUT2D eigenvalue weighted by atomic mass is 28.4. The van der Waals surface area contributed by atoms with Crippen LogP contribution in [0, 0.1) is 20.8 Å². The lowest BCUT2D eigenvalue weighted by atomic mass is 9.90. The fraction of sp³-hybridized carbons (Fsp3) is 0.438. The maximum absolute atomic E-state index is 10.9. The molecule has 1 heterocycles. The smallest absolute Gasteiger partial charge is 0.213 e. The van der Waals surface area contributed by atoms with Gasteiger partial charge in [0.05, 0.1) is 6.61 Å². The van der Waals surface area contributed by atoms with Crippen LogP contribution < -0.4 is 9.47 Å². The van der Waals surface area contributed by atoms with Crippen molar-refractivity contribution in [2.24, 2.45) is 0 Å². The lowest BCUT2D eigenvalue weighted by molar-refractivity contribution is 0.112. The molecule has 0 spiro atoms. The number of nitrogens with zero attached hydrogens (tertiary/aromatic N) is 1. The largest absolute Gasteiger partial charge is 0.493 e. The number of hydrogen-bond acceptors (Lipinski definition) is 5. The van der Waals surface area contributed by atoms with Crippen LogP contribution in [0.15, 0.2) is 48.7 Å². The standard InChI is InChI=1S/C32H43NO4Si/c1-22-17-28(35-16-15-24(3)37-38(8,9)32(5,6)7)18-23(2)31(22)29-12-10-11-27(25(29)4)21-36-30-14-13-26(20-34)19-33-30/h10-14,17-20,24H,15-16,21H2,1-9H3/t24-/m0/s1. The Morgan fingerprint density at radius 2 is 1.68 bits per heavy atom. The first-order chi connectivity index (χ1) is 17.8. The molecule has 0 saturated carbocycles. The van der Waals surface area contributed by atoms with Crippen LogP contribution >= 0.6 is 0 Å². The summed E-state index contributed by atoms with van der Waals surface area (Å²) < 4.78 is 18.6. The lowest BCUT2D eigenvalue weighted by Gasteiger charge is -2.38. The first-order valence-electron chi connectivity index (χ1n) is 13.4. The average molecular weight is 534 g/mol. The van der Waals surface area contributed by atoms with Crippen LogP contribution in [0.2, 0.25) is 18.1 Å². The molecule has 0 aliphatic rings. The third kappa shape index (κ3) is 7.33. The van der Waals surface area contributed by atoms with Gasteiger partial charge in [0.2, 0.25) is 5.88 Å². The number of carbonyl (C=O) groups is 1. The first-order valence-corrected chi connectivity index (χ1v) is 16.3. The Hall–Kier alpha value is -2.96. The molecule has 3 aromatic rings. The maximum Gasteiger partial charge on any atom is 0.213 e. The summed E-state index contributed by atoms with van der Waals surface area (Å²) in [7, 11) is -1.78. The molecule has 0 fully saturated rings. The maximum atomic E-state index is 10.9. The van der Waals surface area contributed by atoms with Crippen molar-refractivity contribution in [1.29, 1.82) is 0 Å². The normalized spacial score (nSPS) is 12.8. The minimum atomic E-state index is -1.78. The van der Waals surface area contributed by atoms with Crippen molar-refractivity contribution in [3.63, 3.8) is 0 Å². The lowest BCUT2D eigenvalue weighted by Crippen LogP contribution is -2.43. The Bertz CT molecular complexity index is 1220. The Balaban J connectivity index is 1.68. The summed E-state index contributed by atoms with van der Waals surface area (Å²) in [5, 5.41) is 0.202. The average Bonchev–Trinajstić information content (AvgIpc) is 2.83. The molecule has 0 bridgehead atoms. The minimum Gasteiger partial charge on any atom is -0.493 e. The molecule has 1 aromatic heterocycles. The monoisotopic (exact) mass is 533 g/mol. The number of aryl methyl sites for hydroxylation is 2. The van der Waals surface area contributed by atoms with Crippen molar-refractivity contribution in [1.82, 2.24) is 4.98 Å². The quantitative estimate of drug-likeness (QED) is 0.183. The first kappa shape index (κ1) is 29.6. The molecular formula is C32H43NO4Si. The zero-order valence-electron chi connectivity index (χ0n) is 24.5. The molecule has 1 atom stereocenters. The van der Waals surface area contributed by atoms with Crippen molar-refractivity contribution in [2.45, 2.75) is 85.7 Å². The fourth-order valence-electron chi connectivity index (χ4n) is 4.32. The predicted molar refractivity (Wildman–Crippen MR) is 158 cm³/mol. The van der Waals surface area contributed by atoms with Gasteiger partial charge in [-0.25, -0.2) is 4.98 Å². The topological polar surface area (TPSA) is 57.7 Å². The second-order valence-corrected chi connectivity index (χ2v) is 16.4. The molecule has 2 aromatic carbocycles. The summed E-state index contributed by atoms with van der Waals surface area (Å²) in [5.41, 5.74) is 7.57. The molecule has 204 valence electrons. The van der Waals surface area contributed by atoms with E-state index in [0.29, 0.717) is 24.7 Å². The minimum absolute atomic E-state index is 0.170. The zero-order chi connectivity index (χ0) is 28.1. The van der Waals surface area contributed by atoms with E-state index in [1.54, 1.807) is 12.1 Å². The highest BCUT2D eigenvalue weighted by molar-refractivity contribution is 6.74. The van der Waals surface area contributed by atoms with Crippen LogP contribution in [-0.2, 0) is 11.0 Å². The summed E-state index contributed by atoms with van der Waals surface area (Å²) in [6, 6.07) is 14.0. The van der Waals surface area contributed by atoms with Gasteiger partial charge >= 0.3 is 0 Å². The number of ether oxygens (including phenoxy) is 2. The highest BCUT2D eigenvalue weighted by Gasteiger charge is 2.38. The summed E-state index contributed by atoms with van der Waals surface area (Å²) in [5.74, 6) is 1.39. The van der Waals surface area contributed by atoms with Gasteiger partial charge < -0.3 is 13.9 Å². The van der Waals surface area contributed by atoms with Crippen LogP contribution in [0.4, 0.5) is 0 Å². The molecule has 38 heavy (non-hydrogen) atoms. The van der Waals surface area contributed by atoms with Gasteiger partial charge in [-0.1, -0.05) is 39.0 Å². The number of benzene rings is 2. The molecule has 0 aliphatic heterocycles. The van der Waals surface area contributed by atoms with Crippen molar-refractivity contribution in [3.8, 4) is 22.8 Å². The van der Waals surface area contributed by atoms with E-state index in [9.17, 15) is 4.79 Å². The SMILES string of the molecule is Cc1cc(OCC[C@H](C)O[Si](C)(C)C(C)(C)C)cc(C)c1-c1cccc(COc2ccc(C=O)cn2)c1C. The van der Waals surface area contributed by atoms with E-state index >= 15 is 0 Å². The molecule has 3 rings (SSSR count). The van der Waals surface area contributed by atoms with Gasteiger partial charge in [0.15, 0.2) is 14.6 Å². The van der Waals surface area contributed by atoms with E-state index in [4.69, 9.17) is 13.9 Å². The molecule has 0 saturated heterocycles. The van der Waals surface area contributed by atoms with Crippen LogP contribution in [0.3, 0.4) is 0 Å². The predicted octanol–water partition coefficient (Wildman–Crippen LogP) is 8.24. The molecule has 0 aliphatic carbocycles. The second-order valence-electron chi connectivity index (χ2n) is 11.7. The third-order valence-electron chi connectivity index (χ3n) is 7.59. The molecule has 0 N–H and O–H groups in total. The van der Waals surface area contributed by atoms with Gasteiger partial charge in [-0.2, -0.15) is 0 Å². The number of aromatic nitrogens is 1. The van der Waals surface area contributed by atoms with E-state index in [2.05, 4.69) is 96.9 Å². The van der Waals surface area contributed by atoms with Crippen molar-refractivity contribution in [3.05, 3.63) is 76.5 Å². The Labute approximate surface area is 229 Å². The van der Waals surface area contributed by atoms with Crippen LogP contribution in [0.25, 0.3) is 11.1 Å². The van der Waals surface area contributed by atoms with Crippen molar-refractivity contribution >= 4 is 14.6 Å². The van der Waals surface area contributed by atoms with Gasteiger partial charge in [-0.3, -0.25) is 4.79 Å². The van der Waals surface area contributed by atoms with Gasteiger partial charge in [0.1, 0.15) is 12.4 Å². The molecule has 6 heteroatoms. The van der Waals surface area contributed by atoms with E-state index in [0.717, 1.165) is 24.0 Å². The van der Waals surface area contributed by atoms with Crippen LogP contribution in [0.1, 0.15) is 66.7 Å². The summed E-state index contributed by atoms with van der Waals surface area (Å²) >= 11 is 0. The Kier molecular flexibility index (Phi) is 9.55. The summed E-state index contributed by atoms with van der Waals surface area (Å²) in [6.07, 6.45) is 3.32. The second kappa shape index (κ2) is 12.3. The van der Waals surface area contributed by atoms with Gasteiger partial charge in [-0.15, -0.1) is 0 Å². The number of pyridine rings is 1. The summed E-state index contributed by atoms with van der Waals surface area (Å²) in [6.45, 7) is 21.0. The van der Waals surface area contributed by atoms with Gasteiger partial charge in [-0.05, 0) is 97.4 Å². The molecule has 0 radical (unpaired) electrons. The number of carbonyl (C=O) groups excluding carboxylic acids is 1. The summed E-state index contributed by atoms with van der Waals surface area (Å²) in [4.78, 5) is 15.1. The van der Waals surface area contributed by atoms with Gasteiger partial charge in [0, 0.05) is 30.4 Å². The fourth-order valence-corrected chi connectivity index (χ4v) is 5.80.